The largest absolute Gasteiger partial charge is 0.493 e. The van der Waals surface area contributed by atoms with Crippen molar-refractivity contribution in [2.75, 3.05) is 27.9 Å². The van der Waals surface area contributed by atoms with Gasteiger partial charge in [0.15, 0.2) is 11.5 Å². The summed E-state index contributed by atoms with van der Waals surface area (Å²) in [7, 11) is 4.80. The van der Waals surface area contributed by atoms with Gasteiger partial charge in [-0.25, -0.2) is 0 Å². The highest BCUT2D eigenvalue weighted by Crippen LogP contribution is 2.39. The van der Waals surface area contributed by atoms with Crippen LogP contribution >= 0.6 is 0 Å². The Bertz CT molecular complexity index is 326. The quantitative estimate of drug-likeness (QED) is 0.795. The van der Waals surface area contributed by atoms with Crippen molar-refractivity contribution in [3.8, 4) is 17.2 Å². The molecule has 1 rings (SSSR count). The minimum Gasteiger partial charge on any atom is -0.493 e. The van der Waals surface area contributed by atoms with Crippen molar-refractivity contribution in [2.45, 2.75) is 6.42 Å². The molecule has 0 saturated heterocycles. The maximum atomic E-state index is 5.52. The van der Waals surface area contributed by atoms with E-state index in [1.54, 1.807) is 21.3 Å². The summed E-state index contributed by atoms with van der Waals surface area (Å²) in [5, 5.41) is 0. The Balaban J connectivity index is 3.21. The van der Waals surface area contributed by atoms with E-state index in [4.69, 9.17) is 19.9 Å². The van der Waals surface area contributed by atoms with Gasteiger partial charge in [0.25, 0.3) is 0 Å². The monoisotopic (exact) mass is 211 g/mol. The predicted octanol–water partition coefficient (Wildman–Crippen LogP) is 1.21. The lowest BCUT2D eigenvalue weighted by molar-refractivity contribution is 0.322. The van der Waals surface area contributed by atoms with Gasteiger partial charge in [-0.3, -0.25) is 0 Å². The topological polar surface area (TPSA) is 53.7 Å². The van der Waals surface area contributed by atoms with Crippen molar-refractivity contribution in [3.05, 3.63) is 17.7 Å². The zero-order chi connectivity index (χ0) is 11.3. The molecule has 84 valence electrons. The van der Waals surface area contributed by atoms with E-state index in [1.807, 2.05) is 12.1 Å². The summed E-state index contributed by atoms with van der Waals surface area (Å²) in [5.41, 5.74) is 6.54. The summed E-state index contributed by atoms with van der Waals surface area (Å²) < 4.78 is 15.7. The second-order valence-electron chi connectivity index (χ2n) is 3.03. The summed E-state index contributed by atoms with van der Waals surface area (Å²) >= 11 is 0. The Hall–Kier alpha value is -1.42. The Morgan fingerprint density at radius 2 is 1.67 bits per heavy atom. The lowest BCUT2D eigenvalue weighted by Gasteiger charge is -2.15. The average Bonchev–Trinajstić information content (AvgIpc) is 2.28. The number of hydrogen-bond donors (Lipinski definition) is 1. The molecule has 0 bridgehead atoms. The predicted molar refractivity (Wildman–Crippen MR) is 58.9 cm³/mol. The third kappa shape index (κ3) is 2.33. The minimum atomic E-state index is 0.575. The first-order chi connectivity index (χ1) is 7.28. The van der Waals surface area contributed by atoms with Gasteiger partial charge in [0.1, 0.15) is 0 Å². The van der Waals surface area contributed by atoms with Crippen LogP contribution in [0.1, 0.15) is 5.56 Å². The third-order valence-corrected chi connectivity index (χ3v) is 2.20. The lowest BCUT2D eigenvalue weighted by atomic mass is 10.1. The van der Waals surface area contributed by atoms with Crippen molar-refractivity contribution in [2.24, 2.45) is 5.73 Å². The number of nitrogens with two attached hydrogens (primary N) is 1. The molecule has 4 nitrogen and oxygen atoms in total. The molecule has 0 amide bonds. The van der Waals surface area contributed by atoms with Gasteiger partial charge >= 0.3 is 0 Å². The van der Waals surface area contributed by atoms with E-state index in [0.717, 1.165) is 12.0 Å². The molecule has 0 heterocycles. The zero-order valence-electron chi connectivity index (χ0n) is 9.37. The molecule has 2 N–H and O–H groups in total. The van der Waals surface area contributed by atoms with Crippen molar-refractivity contribution in [3.63, 3.8) is 0 Å². The fourth-order valence-electron chi connectivity index (χ4n) is 1.52. The van der Waals surface area contributed by atoms with Crippen molar-refractivity contribution in [1.82, 2.24) is 0 Å². The van der Waals surface area contributed by atoms with E-state index in [9.17, 15) is 0 Å². The number of rotatable bonds is 5. The van der Waals surface area contributed by atoms with Crippen molar-refractivity contribution in [1.29, 1.82) is 0 Å². The fourth-order valence-corrected chi connectivity index (χ4v) is 1.52. The summed E-state index contributed by atoms with van der Waals surface area (Å²) in [6.45, 7) is 0.575. The molecule has 1 aromatic rings. The standard InChI is InChI=1S/C11H17NO3/c1-13-9-5-4-8(6-7-12)10(14-2)11(9)15-3/h4-5H,6-7,12H2,1-3H3. The Morgan fingerprint density at radius 3 is 2.13 bits per heavy atom. The van der Waals surface area contributed by atoms with Gasteiger partial charge in [0.2, 0.25) is 5.75 Å². The number of hydrogen-bond acceptors (Lipinski definition) is 4. The van der Waals surface area contributed by atoms with Gasteiger partial charge in [-0.2, -0.15) is 0 Å². The molecule has 0 spiro atoms. The van der Waals surface area contributed by atoms with E-state index in [0.29, 0.717) is 23.8 Å². The molecule has 0 saturated carbocycles. The first-order valence-corrected chi connectivity index (χ1v) is 4.76. The fraction of sp³-hybridized carbons (Fsp3) is 0.455. The molecule has 0 aromatic heterocycles. The molecular formula is C11H17NO3. The van der Waals surface area contributed by atoms with Gasteiger partial charge in [0.05, 0.1) is 21.3 Å². The third-order valence-electron chi connectivity index (χ3n) is 2.20. The van der Waals surface area contributed by atoms with Crippen LogP contribution in [0.5, 0.6) is 17.2 Å². The molecule has 4 heteroatoms. The maximum absolute atomic E-state index is 5.52. The average molecular weight is 211 g/mol. The van der Waals surface area contributed by atoms with Crippen LogP contribution in [0, 0.1) is 0 Å². The van der Waals surface area contributed by atoms with Gasteiger partial charge in [-0.15, -0.1) is 0 Å². The first kappa shape index (κ1) is 11.7. The van der Waals surface area contributed by atoms with Gasteiger partial charge in [-0.05, 0) is 24.6 Å². The first-order valence-electron chi connectivity index (χ1n) is 4.76. The molecule has 15 heavy (non-hydrogen) atoms. The van der Waals surface area contributed by atoms with Gasteiger partial charge in [-0.1, -0.05) is 6.07 Å². The Labute approximate surface area is 89.9 Å². The van der Waals surface area contributed by atoms with Crippen molar-refractivity contribution >= 4 is 0 Å². The van der Waals surface area contributed by atoms with Crippen LogP contribution in [0.15, 0.2) is 12.1 Å². The molecule has 1 aromatic carbocycles. The Kier molecular flexibility index (Phi) is 4.24. The second-order valence-corrected chi connectivity index (χ2v) is 3.03. The van der Waals surface area contributed by atoms with Crippen LogP contribution in [-0.4, -0.2) is 27.9 Å². The van der Waals surface area contributed by atoms with Crippen LogP contribution in [0.2, 0.25) is 0 Å². The molecular weight excluding hydrogens is 194 g/mol. The molecule has 0 atom stereocenters. The Morgan fingerprint density at radius 1 is 1.00 bits per heavy atom. The second kappa shape index (κ2) is 5.46. The number of ether oxygens (including phenoxy) is 3. The molecule has 0 aliphatic heterocycles. The van der Waals surface area contributed by atoms with E-state index in [2.05, 4.69) is 0 Å². The van der Waals surface area contributed by atoms with Crippen molar-refractivity contribution < 1.29 is 14.2 Å². The van der Waals surface area contributed by atoms with Crippen LogP contribution in [0.4, 0.5) is 0 Å². The van der Waals surface area contributed by atoms with Gasteiger partial charge in [0, 0.05) is 0 Å². The van der Waals surface area contributed by atoms with Crippen LogP contribution in [0.25, 0.3) is 0 Å². The minimum absolute atomic E-state index is 0.575. The summed E-state index contributed by atoms with van der Waals surface area (Å²) in [6.07, 6.45) is 0.753. The molecule has 0 aliphatic carbocycles. The highest BCUT2D eigenvalue weighted by Gasteiger charge is 2.14. The molecule has 0 aliphatic rings. The highest BCUT2D eigenvalue weighted by molar-refractivity contribution is 5.55. The van der Waals surface area contributed by atoms with E-state index in [-0.39, 0.29) is 0 Å². The summed E-state index contributed by atoms with van der Waals surface area (Å²) in [6, 6.07) is 3.79. The highest BCUT2D eigenvalue weighted by atomic mass is 16.5. The molecule has 0 unspecified atom stereocenters. The van der Waals surface area contributed by atoms with Crippen LogP contribution < -0.4 is 19.9 Å². The lowest BCUT2D eigenvalue weighted by Crippen LogP contribution is -2.05. The maximum Gasteiger partial charge on any atom is 0.203 e. The number of methoxy groups -OCH3 is 3. The normalized spacial score (nSPS) is 9.87. The van der Waals surface area contributed by atoms with E-state index in [1.165, 1.54) is 0 Å². The van der Waals surface area contributed by atoms with Gasteiger partial charge < -0.3 is 19.9 Å². The smallest absolute Gasteiger partial charge is 0.203 e. The number of benzene rings is 1. The summed E-state index contributed by atoms with van der Waals surface area (Å²) in [4.78, 5) is 0. The van der Waals surface area contributed by atoms with Crippen LogP contribution in [0.3, 0.4) is 0 Å². The van der Waals surface area contributed by atoms with Crippen LogP contribution in [-0.2, 0) is 6.42 Å². The zero-order valence-corrected chi connectivity index (χ0v) is 9.37. The van der Waals surface area contributed by atoms with E-state index >= 15 is 0 Å². The van der Waals surface area contributed by atoms with E-state index < -0.39 is 0 Å². The molecule has 0 radical (unpaired) electrons. The summed E-state index contributed by atoms with van der Waals surface area (Å²) in [5.74, 6) is 1.98. The SMILES string of the molecule is COc1ccc(CCN)c(OC)c1OC. The molecule has 0 fully saturated rings.